The summed E-state index contributed by atoms with van der Waals surface area (Å²) in [6.07, 6.45) is 11.2. The Balaban J connectivity index is -0.000000845. The quantitative estimate of drug-likeness (QED) is 0.565. The van der Waals surface area contributed by atoms with Crippen LogP contribution in [0.4, 0.5) is 0 Å². The minimum absolute atomic E-state index is 0. The summed E-state index contributed by atoms with van der Waals surface area (Å²) in [4.78, 5) is 0. The minimum Gasteiger partial charge on any atom is -0.329 e. The van der Waals surface area contributed by atoms with Crippen LogP contribution in [0.3, 0.4) is 0 Å². The van der Waals surface area contributed by atoms with Gasteiger partial charge < -0.3 is 11.1 Å². The Bertz CT molecular complexity index is 91.0. The van der Waals surface area contributed by atoms with Gasteiger partial charge in [0, 0.05) is 13.1 Å². The highest BCUT2D eigenvalue weighted by Gasteiger charge is 1.90. The van der Waals surface area contributed by atoms with Crippen LogP contribution in [0.5, 0.6) is 0 Å². The second-order valence-electron chi connectivity index (χ2n) is 4.01. The van der Waals surface area contributed by atoms with Gasteiger partial charge in [-0.25, -0.2) is 0 Å². The summed E-state index contributed by atoms with van der Waals surface area (Å²) in [5.41, 5.74) is 5.37. The van der Waals surface area contributed by atoms with Crippen LogP contribution in [0.2, 0.25) is 0 Å². The minimum atomic E-state index is 0. The molecule has 3 N–H and O–H groups in total. The van der Waals surface area contributed by atoms with Crippen molar-refractivity contribution in [2.24, 2.45) is 5.73 Å². The zero-order valence-corrected chi connectivity index (χ0v) is 12.3. The summed E-state index contributed by atoms with van der Waals surface area (Å²) in [5, 5.41) is 3.32. The highest BCUT2D eigenvalue weighted by molar-refractivity contribution is 5.85. The first-order valence-corrected chi connectivity index (χ1v) is 6.32. The van der Waals surface area contributed by atoms with E-state index >= 15 is 0 Å². The molecule has 0 aliphatic heterocycles. The zero-order valence-electron chi connectivity index (χ0n) is 10.7. The molecule has 102 valence electrons. The van der Waals surface area contributed by atoms with Crippen molar-refractivity contribution in [2.45, 2.75) is 58.3 Å². The van der Waals surface area contributed by atoms with Gasteiger partial charge in [-0.1, -0.05) is 51.9 Å². The average molecular weight is 273 g/mol. The molecule has 4 heteroatoms. The molecule has 0 rings (SSSR count). The average Bonchev–Trinajstić information content (AvgIpc) is 2.21. The number of halogens is 2. The first kappa shape index (κ1) is 21.8. The SMILES string of the molecule is CCCCCCCCCCNCCN.Cl.Cl. The number of nitrogens with two attached hydrogens (primary N) is 1. The van der Waals surface area contributed by atoms with Crippen molar-refractivity contribution in [3.8, 4) is 0 Å². The van der Waals surface area contributed by atoms with Crippen molar-refractivity contribution in [1.29, 1.82) is 0 Å². The normalized spacial score (nSPS) is 9.38. The Kier molecular flexibility index (Phi) is 28.4. The molecular weight excluding hydrogens is 243 g/mol. The Morgan fingerprint density at radius 2 is 1.25 bits per heavy atom. The molecular formula is C12H30Cl2N2. The predicted octanol–water partition coefficient (Wildman–Crippen LogP) is 3.52. The van der Waals surface area contributed by atoms with Crippen LogP contribution >= 0.6 is 24.8 Å². The Morgan fingerprint density at radius 3 is 1.75 bits per heavy atom. The van der Waals surface area contributed by atoms with Crippen LogP contribution in [0.1, 0.15) is 58.3 Å². The van der Waals surface area contributed by atoms with Crippen molar-refractivity contribution in [3.63, 3.8) is 0 Å². The molecule has 0 aromatic heterocycles. The van der Waals surface area contributed by atoms with Crippen molar-refractivity contribution >= 4 is 24.8 Å². The van der Waals surface area contributed by atoms with Gasteiger partial charge in [0.1, 0.15) is 0 Å². The molecule has 0 aromatic rings. The molecule has 0 aliphatic carbocycles. The van der Waals surface area contributed by atoms with E-state index in [2.05, 4.69) is 12.2 Å². The number of hydrogen-bond acceptors (Lipinski definition) is 2. The van der Waals surface area contributed by atoms with E-state index in [0.29, 0.717) is 0 Å². The highest BCUT2D eigenvalue weighted by Crippen LogP contribution is 2.07. The van der Waals surface area contributed by atoms with E-state index in [1.165, 1.54) is 51.4 Å². The third-order valence-corrected chi connectivity index (χ3v) is 2.53. The van der Waals surface area contributed by atoms with Gasteiger partial charge in [0.15, 0.2) is 0 Å². The standard InChI is InChI=1S/C12H28N2.2ClH/c1-2-3-4-5-6-7-8-9-11-14-12-10-13;;/h14H,2-13H2,1H3;2*1H. The van der Waals surface area contributed by atoms with E-state index in [9.17, 15) is 0 Å². The van der Waals surface area contributed by atoms with Gasteiger partial charge in [0.05, 0.1) is 0 Å². The number of unbranched alkanes of at least 4 members (excludes halogenated alkanes) is 7. The molecule has 0 unspecified atom stereocenters. The van der Waals surface area contributed by atoms with E-state index < -0.39 is 0 Å². The van der Waals surface area contributed by atoms with E-state index in [1.807, 2.05) is 0 Å². The van der Waals surface area contributed by atoms with E-state index in [4.69, 9.17) is 5.73 Å². The fourth-order valence-electron chi connectivity index (χ4n) is 1.61. The molecule has 0 aliphatic rings. The smallest absolute Gasteiger partial charge is 0.00745 e. The van der Waals surface area contributed by atoms with Gasteiger partial charge in [-0.15, -0.1) is 24.8 Å². The number of rotatable bonds is 11. The topological polar surface area (TPSA) is 38.0 Å². The van der Waals surface area contributed by atoms with E-state index in [0.717, 1.165) is 19.6 Å². The third kappa shape index (κ3) is 20.0. The van der Waals surface area contributed by atoms with Crippen LogP contribution in [0, 0.1) is 0 Å². The maximum absolute atomic E-state index is 5.37. The summed E-state index contributed by atoms with van der Waals surface area (Å²) in [6, 6.07) is 0. The lowest BCUT2D eigenvalue weighted by atomic mass is 10.1. The monoisotopic (exact) mass is 272 g/mol. The molecule has 0 heterocycles. The van der Waals surface area contributed by atoms with Crippen LogP contribution in [0.15, 0.2) is 0 Å². The molecule has 0 bridgehead atoms. The van der Waals surface area contributed by atoms with Crippen LogP contribution < -0.4 is 11.1 Å². The fourth-order valence-corrected chi connectivity index (χ4v) is 1.61. The molecule has 0 spiro atoms. The molecule has 0 atom stereocenters. The molecule has 0 saturated heterocycles. The van der Waals surface area contributed by atoms with Gasteiger partial charge in [-0.2, -0.15) is 0 Å². The molecule has 0 radical (unpaired) electrons. The second-order valence-corrected chi connectivity index (χ2v) is 4.01. The summed E-state index contributed by atoms with van der Waals surface area (Å²) >= 11 is 0. The molecule has 0 aromatic carbocycles. The lowest BCUT2D eigenvalue weighted by Gasteiger charge is -2.03. The first-order chi connectivity index (χ1) is 6.91. The largest absolute Gasteiger partial charge is 0.329 e. The lowest BCUT2D eigenvalue weighted by Crippen LogP contribution is -2.23. The van der Waals surface area contributed by atoms with Crippen LogP contribution in [-0.4, -0.2) is 19.6 Å². The maximum Gasteiger partial charge on any atom is 0.00745 e. The summed E-state index contributed by atoms with van der Waals surface area (Å²) < 4.78 is 0. The van der Waals surface area contributed by atoms with Gasteiger partial charge in [-0.3, -0.25) is 0 Å². The summed E-state index contributed by atoms with van der Waals surface area (Å²) in [7, 11) is 0. The highest BCUT2D eigenvalue weighted by atomic mass is 35.5. The second kappa shape index (κ2) is 20.9. The van der Waals surface area contributed by atoms with E-state index in [1.54, 1.807) is 0 Å². The zero-order chi connectivity index (χ0) is 10.5. The van der Waals surface area contributed by atoms with Crippen LogP contribution in [0.25, 0.3) is 0 Å². The van der Waals surface area contributed by atoms with Gasteiger partial charge in [0.25, 0.3) is 0 Å². The summed E-state index contributed by atoms with van der Waals surface area (Å²) in [5.74, 6) is 0. The lowest BCUT2D eigenvalue weighted by molar-refractivity contribution is 0.557. The Morgan fingerprint density at radius 1 is 0.750 bits per heavy atom. The Labute approximate surface area is 114 Å². The van der Waals surface area contributed by atoms with Gasteiger partial charge in [0.2, 0.25) is 0 Å². The van der Waals surface area contributed by atoms with Crippen molar-refractivity contribution in [1.82, 2.24) is 5.32 Å². The molecule has 16 heavy (non-hydrogen) atoms. The van der Waals surface area contributed by atoms with Crippen molar-refractivity contribution in [2.75, 3.05) is 19.6 Å². The number of nitrogens with one attached hydrogen (secondary N) is 1. The third-order valence-electron chi connectivity index (χ3n) is 2.53. The predicted molar refractivity (Wildman–Crippen MR) is 79.0 cm³/mol. The fraction of sp³-hybridized carbons (Fsp3) is 1.00. The maximum atomic E-state index is 5.37. The first-order valence-electron chi connectivity index (χ1n) is 6.32. The van der Waals surface area contributed by atoms with E-state index in [-0.39, 0.29) is 24.8 Å². The molecule has 0 amide bonds. The molecule has 2 nitrogen and oxygen atoms in total. The number of hydrogen-bond donors (Lipinski definition) is 2. The van der Waals surface area contributed by atoms with Crippen LogP contribution in [-0.2, 0) is 0 Å². The van der Waals surface area contributed by atoms with Gasteiger partial charge in [-0.05, 0) is 13.0 Å². The van der Waals surface area contributed by atoms with Crippen molar-refractivity contribution < 1.29 is 0 Å². The van der Waals surface area contributed by atoms with Crippen molar-refractivity contribution in [3.05, 3.63) is 0 Å². The Hall–Kier alpha value is 0.500. The van der Waals surface area contributed by atoms with Gasteiger partial charge >= 0.3 is 0 Å². The molecule has 0 fully saturated rings. The summed E-state index contributed by atoms with van der Waals surface area (Å²) in [6.45, 7) is 5.14. The molecule has 0 saturated carbocycles.